The third-order valence-electron chi connectivity index (χ3n) is 2.44. The van der Waals surface area contributed by atoms with Crippen molar-refractivity contribution in [1.82, 2.24) is 20.5 Å². The zero-order valence-corrected chi connectivity index (χ0v) is 10.7. The molecule has 0 aliphatic rings. The average molecular weight is 265 g/mol. The molecule has 0 fully saturated rings. The number of nitrogens with zero attached hydrogens (tertiary/aromatic N) is 2. The standard InChI is InChI=1S/C12H13ClN4O/c1-2-10-15-11(17-16-10)12(18)14-7-8-3-5-9(13)6-4-8/h3-6H,2,7H2,1H3,(H,14,18)(H,15,16,17). The minimum Gasteiger partial charge on any atom is -0.345 e. The molecule has 0 aliphatic carbocycles. The van der Waals surface area contributed by atoms with Crippen LogP contribution in [0.2, 0.25) is 5.02 Å². The number of halogens is 1. The Hall–Kier alpha value is -1.88. The maximum Gasteiger partial charge on any atom is 0.291 e. The molecule has 2 aromatic rings. The van der Waals surface area contributed by atoms with Crippen LogP contribution in [0, 0.1) is 0 Å². The first-order valence-electron chi connectivity index (χ1n) is 5.63. The highest BCUT2D eigenvalue weighted by molar-refractivity contribution is 6.30. The Balaban J connectivity index is 1.93. The number of aromatic amines is 1. The largest absolute Gasteiger partial charge is 0.345 e. The topological polar surface area (TPSA) is 70.7 Å². The molecule has 0 atom stereocenters. The number of rotatable bonds is 4. The van der Waals surface area contributed by atoms with Gasteiger partial charge in [-0.3, -0.25) is 9.89 Å². The minimum absolute atomic E-state index is 0.167. The van der Waals surface area contributed by atoms with Gasteiger partial charge in [0.25, 0.3) is 5.91 Å². The van der Waals surface area contributed by atoms with E-state index in [4.69, 9.17) is 11.6 Å². The highest BCUT2D eigenvalue weighted by Gasteiger charge is 2.11. The number of carbonyl (C=O) groups excluding carboxylic acids is 1. The van der Waals surface area contributed by atoms with E-state index in [2.05, 4.69) is 20.5 Å². The van der Waals surface area contributed by atoms with Gasteiger partial charge in [0.2, 0.25) is 5.82 Å². The molecule has 0 spiro atoms. The zero-order chi connectivity index (χ0) is 13.0. The van der Waals surface area contributed by atoms with Gasteiger partial charge in [-0.05, 0) is 17.7 Å². The molecule has 94 valence electrons. The van der Waals surface area contributed by atoms with Crippen LogP contribution in [0.15, 0.2) is 24.3 Å². The van der Waals surface area contributed by atoms with Crippen molar-refractivity contribution in [2.45, 2.75) is 19.9 Å². The summed E-state index contributed by atoms with van der Waals surface area (Å²) in [6, 6.07) is 7.28. The summed E-state index contributed by atoms with van der Waals surface area (Å²) in [6.07, 6.45) is 0.720. The van der Waals surface area contributed by atoms with Crippen LogP contribution >= 0.6 is 11.6 Å². The quantitative estimate of drug-likeness (QED) is 0.887. The lowest BCUT2D eigenvalue weighted by molar-refractivity contribution is 0.0941. The molecular weight excluding hydrogens is 252 g/mol. The molecule has 0 saturated heterocycles. The van der Waals surface area contributed by atoms with Crippen LogP contribution in [-0.4, -0.2) is 21.1 Å². The first-order valence-corrected chi connectivity index (χ1v) is 6.00. The summed E-state index contributed by atoms with van der Waals surface area (Å²) in [5.41, 5.74) is 0.971. The molecule has 1 aromatic heterocycles. The van der Waals surface area contributed by atoms with Crippen molar-refractivity contribution in [2.24, 2.45) is 0 Å². The van der Waals surface area contributed by atoms with E-state index in [-0.39, 0.29) is 11.7 Å². The first kappa shape index (κ1) is 12.6. The van der Waals surface area contributed by atoms with Crippen LogP contribution in [0.3, 0.4) is 0 Å². The fourth-order valence-corrected chi connectivity index (χ4v) is 1.54. The number of carbonyl (C=O) groups is 1. The molecule has 0 unspecified atom stereocenters. The van der Waals surface area contributed by atoms with Crippen molar-refractivity contribution < 1.29 is 4.79 Å². The Morgan fingerprint density at radius 2 is 2.11 bits per heavy atom. The van der Waals surface area contributed by atoms with E-state index in [9.17, 15) is 4.79 Å². The number of H-pyrrole nitrogens is 1. The van der Waals surface area contributed by atoms with Gasteiger partial charge < -0.3 is 5.32 Å². The Morgan fingerprint density at radius 1 is 1.39 bits per heavy atom. The number of hydrogen-bond acceptors (Lipinski definition) is 3. The molecule has 6 heteroatoms. The number of hydrogen-bond donors (Lipinski definition) is 2. The van der Waals surface area contributed by atoms with Gasteiger partial charge in [0.05, 0.1) is 0 Å². The summed E-state index contributed by atoms with van der Waals surface area (Å²) in [6.45, 7) is 2.36. The average Bonchev–Trinajstić information content (AvgIpc) is 2.86. The van der Waals surface area contributed by atoms with Crippen LogP contribution in [0.1, 0.15) is 28.9 Å². The molecule has 1 heterocycles. The summed E-state index contributed by atoms with van der Waals surface area (Å²) in [5, 5.41) is 9.96. The van der Waals surface area contributed by atoms with Crippen molar-refractivity contribution in [2.75, 3.05) is 0 Å². The lowest BCUT2D eigenvalue weighted by atomic mass is 10.2. The normalized spacial score (nSPS) is 10.3. The smallest absolute Gasteiger partial charge is 0.291 e. The van der Waals surface area contributed by atoms with Crippen LogP contribution in [0.4, 0.5) is 0 Å². The molecule has 0 bridgehead atoms. The van der Waals surface area contributed by atoms with Crippen LogP contribution in [0.25, 0.3) is 0 Å². The van der Waals surface area contributed by atoms with Crippen molar-refractivity contribution in [3.63, 3.8) is 0 Å². The highest BCUT2D eigenvalue weighted by atomic mass is 35.5. The molecule has 2 N–H and O–H groups in total. The monoisotopic (exact) mass is 264 g/mol. The third-order valence-corrected chi connectivity index (χ3v) is 2.69. The molecule has 0 aliphatic heterocycles. The van der Waals surface area contributed by atoms with Crippen LogP contribution in [0.5, 0.6) is 0 Å². The van der Waals surface area contributed by atoms with Crippen molar-refractivity contribution in [1.29, 1.82) is 0 Å². The number of benzene rings is 1. The summed E-state index contributed by atoms with van der Waals surface area (Å²) in [5.74, 6) is 0.577. The molecule has 0 saturated carbocycles. The number of aryl methyl sites for hydroxylation is 1. The van der Waals surface area contributed by atoms with E-state index in [0.717, 1.165) is 12.0 Å². The van der Waals surface area contributed by atoms with Gasteiger partial charge in [-0.25, -0.2) is 4.98 Å². The van der Waals surface area contributed by atoms with Gasteiger partial charge in [-0.15, -0.1) is 5.10 Å². The van der Waals surface area contributed by atoms with Gasteiger partial charge in [0, 0.05) is 18.0 Å². The Labute approximate surface area is 110 Å². The third kappa shape index (κ3) is 3.07. The van der Waals surface area contributed by atoms with E-state index in [1.807, 2.05) is 19.1 Å². The molecule has 18 heavy (non-hydrogen) atoms. The van der Waals surface area contributed by atoms with Gasteiger partial charge >= 0.3 is 0 Å². The predicted octanol–water partition coefficient (Wildman–Crippen LogP) is 1.95. The van der Waals surface area contributed by atoms with E-state index < -0.39 is 0 Å². The van der Waals surface area contributed by atoms with Gasteiger partial charge in [0.1, 0.15) is 5.82 Å². The summed E-state index contributed by atoms with van der Waals surface area (Å²) in [4.78, 5) is 15.8. The molecule has 1 aromatic carbocycles. The zero-order valence-electron chi connectivity index (χ0n) is 9.90. The molecule has 0 radical (unpaired) electrons. The Bertz CT molecular complexity index is 535. The van der Waals surface area contributed by atoms with Gasteiger partial charge in [0.15, 0.2) is 0 Å². The lowest BCUT2D eigenvalue weighted by Crippen LogP contribution is -2.24. The van der Waals surface area contributed by atoms with Crippen molar-refractivity contribution in [3.05, 3.63) is 46.5 Å². The first-order chi connectivity index (χ1) is 8.69. The van der Waals surface area contributed by atoms with E-state index in [1.165, 1.54) is 0 Å². The lowest BCUT2D eigenvalue weighted by Gasteiger charge is -2.02. The van der Waals surface area contributed by atoms with Crippen LogP contribution in [-0.2, 0) is 13.0 Å². The number of nitrogens with one attached hydrogen (secondary N) is 2. The molecule has 5 nitrogen and oxygen atoms in total. The van der Waals surface area contributed by atoms with Gasteiger partial charge in [-0.2, -0.15) is 0 Å². The maximum atomic E-state index is 11.7. The second kappa shape index (κ2) is 5.64. The SMILES string of the molecule is CCc1nc(C(=O)NCc2ccc(Cl)cc2)n[nH]1. The molecule has 2 rings (SSSR count). The second-order valence-electron chi connectivity index (χ2n) is 3.77. The number of amides is 1. The Kier molecular flexibility index (Phi) is 3.94. The summed E-state index contributed by atoms with van der Waals surface area (Å²) in [7, 11) is 0. The van der Waals surface area contributed by atoms with Crippen molar-refractivity contribution >= 4 is 17.5 Å². The maximum absolute atomic E-state index is 11.7. The number of aromatic nitrogens is 3. The summed E-state index contributed by atoms with van der Waals surface area (Å²) >= 11 is 5.78. The van der Waals surface area contributed by atoms with Crippen LogP contribution < -0.4 is 5.32 Å². The Morgan fingerprint density at radius 3 is 2.72 bits per heavy atom. The highest BCUT2D eigenvalue weighted by Crippen LogP contribution is 2.09. The fourth-order valence-electron chi connectivity index (χ4n) is 1.42. The van der Waals surface area contributed by atoms with Gasteiger partial charge in [-0.1, -0.05) is 30.7 Å². The molecular formula is C12H13ClN4O. The van der Waals surface area contributed by atoms with E-state index >= 15 is 0 Å². The molecule has 1 amide bonds. The van der Waals surface area contributed by atoms with E-state index in [1.54, 1.807) is 12.1 Å². The van der Waals surface area contributed by atoms with Crippen molar-refractivity contribution in [3.8, 4) is 0 Å². The fraction of sp³-hybridized carbons (Fsp3) is 0.250. The predicted molar refractivity (Wildman–Crippen MR) is 68.4 cm³/mol. The second-order valence-corrected chi connectivity index (χ2v) is 4.20. The minimum atomic E-state index is -0.291. The summed E-state index contributed by atoms with van der Waals surface area (Å²) < 4.78 is 0. The van der Waals surface area contributed by atoms with E-state index in [0.29, 0.717) is 17.4 Å².